The van der Waals surface area contributed by atoms with Crippen molar-refractivity contribution in [1.82, 2.24) is 9.88 Å². The highest BCUT2D eigenvalue weighted by Gasteiger charge is 2.42. The molecular formula is C18H20N2O5. The van der Waals surface area contributed by atoms with Gasteiger partial charge in [0, 0.05) is 11.6 Å². The number of carbonyl (C=O) groups excluding carboxylic acids is 2. The van der Waals surface area contributed by atoms with Gasteiger partial charge in [-0.1, -0.05) is 18.2 Å². The third-order valence-electron chi connectivity index (χ3n) is 4.03. The van der Waals surface area contributed by atoms with Crippen LogP contribution in [0.5, 0.6) is 0 Å². The molecule has 2 heterocycles. The second-order valence-electron chi connectivity index (χ2n) is 6.92. The minimum atomic E-state index is -0.980. The molecule has 0 saturated carbocycles. The summed E-state index contributed by atoms with van der Waals surface area (Å²) in [5.41, 5.74) is 0.283. The quantitative estimate of drug-likeness (QED) is 0.845. The van der Waals surface area contributed by atoms with Gasteiger partial charge in [-0.3, -0.25) is 9.36 Å². The highest BCUT2D eigenvalue weighted by atomic mass is 16.6. The van der Waals surface area contributed by atoms with E-state index in [0.29, 0.717) is 11.1 Å². The number of nitrogens with zero attached hydrogens (tertiary/aromatic N) is 1. The summed E-state index contributed by atoms with van der Waals surface area (Å²) in [4.78, 5) is 37.0. The fraction of sp³-hybridized carbons (Fsp3) is 0.389. The molecular weight excluding hydrogens is 324 g/mol. The van der Waals surface area contributed by atoms with Crippen LogP contribution < -0.4 is 10.9 Å². The van der Waals surface area contributed by atoms with E-state index in [-0.39, 0.29) is 5.56 Å². The van der Waals surface area contributed by atoms with Crippen LogP contribution in [-0.4, -0.2) is 29.3 Å². The summed E-state index contributed by atoms with van der Waals surface area (Å²) in [6.07, 6.45) is -0.663. The van der Waals surface area contributed by atoms with Crippen LogP contribution in [0.3, 0.4) is 0 Å². The number of para-hydroxylation sites is 1. The molecule has 0 spiro atoms. The summed E-state index contributed by atoms with van der Waals surface area (Å²) in [7, 11) is 1.25. The van der Waals surface area contributed by atoms with E-state index < -0.39 is 29.7 Å². The number of nitrogens with one attached hydrogen (secondary N) is 1. The smallest absolute Gasteiger partial charge is 0.408 e. The second kappa shape index (κ2) is 5.91. The predicted octanol–water partition coefficient (Wildman–Crippen LogP) is 2.29. The molecule has 1 amide bonds. The Morgan fingerprint density at radius 3 is 2.52 bits per heavy atom. The summed E-state index contributed by atoms with van der Waals surface area (Å²) in [5, 5.41) is 3.52. The average Bonchev–Trinajstić information content (AvgIpc) is 2.85. The van der Waals surface area contributed by atoms with Crippen molar-refractivity contribution in [3.8, 4) is 0 Å². The van der Waals surface area contributed by atoms with Gasteiger partial charge in [0.2, 0.25) is 0 Å². The highest BCUT2D eigenvalue weighted by Crippen LogP contribution is 2.39. The van der Waals surface area contributed by atoms with E-state index in [1.165, 1.54) is 17.7 Å². The van der Waals surface area contributed by atoms with Gasteiger partial charge in [0.1, 0.15) is 5.60 Å². The zero-order valence-electron chi connectivity index (χ0n) is 14.5. The maximum Gasteiger partial charge on any atom is 0.408 e. The third kappa shape index (κ3) is 2.97. The van der Waals surface area contributed by atoms with E-state index in [4.69, 9.17) is 9.47 Å². The molecule has 1 aromatic carbocycles. The minimum absolute atomic E-state index is 0.330. The van der Waals surface area contributed by atoms with Gasteiger partial charge < -0.3 is 14.8 Å². The van der Waals surface area contributed by atoms with Crippen LogP contribution in [0.2, 0.25) is 0 Å². The first-order chi connectivity index (χ1) is 11.7. The number of hydrogen-bond donors (Lipinski definition) is 1. The number of rotatable bonds is 2. The number of hydrogen-bond acceptors (Lipinski definition) is 5. The Labute approximate surface area is 144 Å². The molecule has 25 heavy (non-hydrogen) atoms. The lowest BCUT2D eigenvalue weighted by Crippen LogP contribution is -2.40. The molecule has 0 bridgehead atoms. The van der Waals surface area contributed by atoms with E-state index >= 15 is 0 Å². The molecule has 2 atom stereocenters. The Kier molecular flexibility index (Phi) is 4.02. The van der Waals surface area contributed by atoms with Gasteiger partial charge in [-0.05, 0) is 32.2 Å². The second-order valence-corrected chi connectivity index (χ2v) is 6.92. The fourth-order valence-corrected chi connectivity index (χ4v) is 3.14. The number of alkyl carbamates (subject to hydrolysis) is 1. The van der Waals surface area contributed by atoms with Crippen LogP contribution in [-0.2, 0) is 14.3 Å². The third-order valence-corrected chi connectivity index (χ3v) is 4.03. The molecule has 0 fully saturated rings. The Morgan fingerprint density at radius 2 is 1.88 bits per heavy atom. The first-order valence-electron chi connectivity index (χ1n) is 7.94. The number of methoxy groups -OCH3 is 1. The zero-order chi connectivity index (χ0) is 18.4. The van der Waals surface area contributed by atoms with Crippen molar-refractivity contribution in [1.29, 1.82) is 0 Å². The molecule has 3 rings (SSSR count). The predicted molar refractivity (Wildman–Crippen MR) is 91.4 cm³/mol. The zero-order valence-corrected chi connectivity index (χ0v) is 14.5. The number of pyridine rings is 1. The monoisotopic (exact) mass is 344 g/mol. The minimum Gasteiger partial charge on any atom is -0.467 e. The number of aromatic nitrogens is 1. The van der Waals surface area contributed by atoms with Crippen molar-refractivity contribution < 1.29 is 19.1 Å². The Hall–Kier alpha value is -2.83. The molecule has 0 saturated heterocycles. The van der Waals surface area contributed by atoms with Crippen molar-refractivity contribution in [2.75, 3.05) is 7.11 Å². The number of amides is 1. The standard InChI is InChI=1S/C18H20N2O5/c1-18(2,3)25-17(23)19-13-11-7-5-6-10-8-9-12(21)20(14(10)11)15(13)16(22)24-4/h5-9,13,15H,1-4H3,(H,19,23)/t13-,15-/m1/s1. The first-order valence-corrected chi connectivity index (χ1v) is 7.94. The maximum atomic E-state index is 12.4. The van der Waals surface area contributed by atoms with Gasteiger partial charge in [-0.25, -0.2) is 9.59 Å². The van der Waals surface area contributed by atoms with Crippen molar-refractivity contribution in [3.05, 3.63) is 46.2 Å². The van der Waals surface area contributed by atoms with Crippen molar-refractivity contribution >= 4 is 23.0 Å². The van der Waals surface area contributed by atoms with Crippen LogP contribution in [0.1, 0.15) is 38.4 Å². The Bertz CT molecular complexity index is 910. The van der Waals surface area contributed by atoms with E-state index in [1.54, 1.807) is 32.9 Å². The van der Waals surface area contributed by atoms with Crippen LogP contribution in [0.25, 0.3) is 10.9 Å². The van der Waals surface area contributed by atoms with Gasteiger partial charge in [-0.15, -0.1) is 0 Å². The molecule has 132 valence electrons. The lowest BCUT2D eigenvalue weighted by atomic mass is 10.0. The van der Waals surface area contributed by atoms with Crippen molar-refractivity contribution in [2.45, 2.75) is 38.5 Å². The summed E-state index contributed by atoms with van der Waals surface area (Å²) < 4.78 is 11.5. The maximum absolute atomic E-state index is 12.4. The molecule has 0 unspecified atom stereocenters. The lowest BCUT2D eigenvalue weighted by Gasteiger charge is -2.24. The summed E-state index contributed by atoms with van der Waals surface area (Å²) in [5.74, 6) is -0.605. The van der Waals surface area contributed by atoms with E-state index in [2.05, 4.69) is 5.32 Å². The summed E-state index contributed by atoms with van der Waals surface area (Å²) >= 11 is 0. The van der Waals surface area contributed by atoms with E-state index in [1.807, 2.05) is 12.1 Å². The highest BCUT2D eigenvalue weighted by molar-refractivity contribution is 5.90. The van der Waals surface area contributed by atoms with Crippen LogP contribution in [0.15, 0.2) is 35.1 Å². The molecule has 1 aliphatic heterocycles. The van der Waals surface area contributed by atoms with E-state index in [0.717, 1.165) is 5.39 Å². The molecule has 2 aromatic rings. The molecule has 1 aromatic heterocycles. The summed E-state index contributed by atoms with van der Waals surface area (Å²) in [6, 6.07) is 6.81. The molecule has 1 N–H and O–H groups in total. The molecule has 7 heteroatoms. The van der Waals surface area contributed by atoms with Crippen molar-refractivity contribution in [2.24, 2.45) is 0 Å². The van der Waals surface area contributed by atoms with Gasteiger partial charge in [0.05, 0.1) is 18.7 Å². The molecule has 0 radical (unpaired) electrons. The van der Waals surface area contributed by atoms with Crippen LogP contribution in [0.4, 0.5) is 4.79 Å². The topological polar surface area (TPSA) is 86.6 Å². The lowest BCUT2D eigenvalue weighted by molar-refractivity contribution is -0.145. The number of carbonyl (C=O) groups is 2. The van der Waals surface area contributed by atoms with Crippen LogP contribution in [0, 0.1) is 0 Å². The number of ether oxygens (including phenoxy) is 2. The number of benzene rings is 1. The largest absolute Gasteiger partial charge is 0.467 e. The molecule has 7 nitrogen and oxygen atoms in total. The van der Waals surface area contributed by atoms with Gasteiger partial charge >= 0.3 is 12.1 Å². The fourth-order valence-electron chi connectivity index (χ4n) is 3.14. The first kappa shape index (κ1) is 17.0. The van der Waals surface area contributed by atoms with Gasteiger partial charge in [0.15, 0.2) is 6.04 Å². The average molecular weight is 344 g/mol. The van der Waals surface area contributed by atoms with E-state index in [9.17, 15) is 14.4 Å². The molecule has 1 aliphatic rings. The Balaban J connectivity index is 2.10. The van der Waals surface area contributed by atoms with Crippen molar-refractivity contribution in [3.63, 3.8) is 0 Å². The Morgan fingerprint density at radius 1 is 1.16 bits per heavy atom. The van der Waals surface area contributed by atoms with Crippen LogP contribution >= 0.6 is 0 Å². The van der Waals surface area contributed by atoms with Gasteiger partial charge in [0.25, 0.3) is 5.56 Å². The van der Waals surface area contributed by atoms with Gasteiger partial charge in [-0.2, -0.15) is 0 Å². The SMILES string of the molecule is COC(=O)[C@H]1[C@H](NC(=O)OC(C)(C)C)c2cccc3ccc(=O)n1c23. The summed E-state index contributed by atoms with van der Waals surface area (Å²) in [6.45, 7) is 5.25. The normalized spacial score (nSPS) is 18.9. The molecule has 0 aliphatic carbocycles. The number of esters is 1.